The van der Waals surface area contributed by atoms with Crippen LogP contribution in [0.25, 0.3) is 22.6 Å². The van der Waals surface area contributed by atoms with Gasteiger partial charge < -0.3 is 13.8 Å². The third-order valence-corrected chi connectivity index (χ3v) is 6.51. The Bertz CT molecular complexity index is 1160. The molecule has 0 bridgehead atoms. The van der Waals surface area contributed by atoms with E-state index in [9.17, 15) is 0 Å². The summed E-state index contributed by atoms with van der Waals surface area (Å²) >= 11 is 7.83. The van der Waals surface area contributed by atoms with Crippen LogP contribution in [0, 0.1) is 0 Å². The van der Waals surface area contributed by atoms with Gasteiger partial charge in [0, 0.05) is 12.2 Å². The third kappa shape index (κ3) is 4.54. The van der Waals surface area contributed by atoms with E-state index in [1.54, 1.807) is 11.8 Å². The van der Waals surface area contributed by atoms with Gasteiger partial charge in [0.2, 0.25) is 11.7 Å². The molecule has 0 spiro atoms. The fourth-order valence-corrected chi connectivity index (χ4v) is 4.72. The second kappa shape index (κ2) is 9.26. The van der Waals surface area contributed by atoms with Crippen LogP contribution in [0.1, 0.15) is 18.7 Å². The molecule has 31 heavy (non-hydrogen) atoms. The molecule has 1 atom stereocenters. The summed E-state index contributed by atoms with van der Waals surface area (Å²) in [6.07, 6.45) is 4.32. The van der Waals surface area contributed by atoms with Crippen LogP contribution in [0.4, 0.5) is 0 Å². The monoisotopic (exact) mass is 452 g/mol. The Morgan fingerprint density at radius 1 is 1.10 bits per heavy atom. The first-order valence-electron chi connectivity index (χ1n) is 10.2. The van der Waals surface area contributed by atoms with Gasteiger partial charge in [0.15, 0.2) is 5.16 Å². The summed E-state index contributed by atoms with van der Waals surface area (Å²) in [5.41, 5.74) is 2.98. The first-order valence-corrected chi connectivity index (χ1v) is 11.6. The maximum Gasteiger partial charge on any atom is 0.237 e. The maximum atomic E-state index is 6.25. The highest BCUT2D eigenvalue weighted by molar-refractivity contribution is 7.98. The average Bonchev–Trinajstić information content (AvgIpc) is 3.55. The standard InChI is InChI=1S/C23H21ClN4O2S/c24-19-11-5-4-10-18(19)22-26-21(30-27-22)15-31-23-25-13-20(16-7-2-1-3-8-16)28(23)14-17-9-6-12-29-17/h1-5,7-8,10-11,13,17H,6,9,12,14-15H2. The molecule has 1 saturated heterocycles. The van der Waals surface area contributed by atoms with Crippen LogP contribution in [-0.2, 0) is 17.0 Å². The van der Waals surface area contributed by atoms with Gasteiger partial charge >= 0.3 is 0 Å². The lowest BCUT2D eigenvalue weighted by Gasteiger charge is -2.15. The molecular weight excluding hydrogens is 432 g/mol. The quantitative estimate of drug-likeness (QED) is 0.334. The molecule has 3 heterocycles. The molecule has 2 aromatic carbocycles. The van der Waals surface area contributed by atoms with Crippen LogP contribution in [0.15, 0.2) is 70.5 Å². The van der Waals surface area contributed by atoms with Crippen molar-refractivity contribution in [3.8, 4) is 22.6 Å². The van der Waals surface area contributed by atoms with E-state index in [4.69, 9.17) is 20.9 Å². The smallest absolute Gasteiger partial charge is 0.237 e. The number of hydrogen-bond acceptors (Lipinski definition) is 6. The van der Waals surface area contributed by atoms with E-state index in [0.717, 1.165) is 48.0 Å². The van der Waals surface area contributed by atoms with E-state index in [-0.39, 0.29) is 6.10 Å². The second-order valence-corrected chi connectivity index (χ2v) is 8.67. The third-order valence-electron chi connectivity index (χ3n) is 5.21. The minimum absolute atomic E-state index is 0.214. The van der Waals surface area contributed by atoms with Gasteiger partial charge in [-0.15, -0.1) is 0 Å². The number of rotatable bonds is 7. The Morgan fingerprint density at radius 3 is 2.74 bits per heavy atom. The number of ether oxygens (including phenoxy) is 1. The normalized spacial score (nSPS) is 16.1. The minimum Gasteiger partial charge on any atom is -0.376 e. The highest BCUT2D eigenvalue weighted by Crippen LogP contribution is 2.31. The molecule has 1 unspecified atom stereocenters. The fourth-order valence-electron chi connectivity index (χ4n) is 3.67. The predicted molar refractivity (Wildman–Crippen MR) is 121 cm³/mol. The zero-order chi connectivity index (χ0) is 21.0. The summed E-state index contributed by atoms with van der Waals surface area (Å²) in [4.78, 5) is 9.20. The molecule has 0 amide bonds. The zero-order valence-corrected chi connectivity index (χ0v) is 18.4. The van der Waals surface area contributed by atoms with E-state index in [1.807, 2.05) is 48.7 Å². The van der Waals surface area contributed by atoms with Crippen molar-refractivity contribution in [2.24, 2.45) is 0 Å². The van der Waals surface area contributed by atoms with Crippen LogP contribution in [-0.4, -0.2) is 32.4 Å². The molecule has 0 aliphatic carbocycles. The van der Waals surface area contributed by atoms with Crippen molar-refractivity contribution in [3.05, 3.63) is 71.7 Å². The van der Waals surface area contributed by atoms with Gasteiger partial charge in [0.1, 0.15) is 0 Å². The van der Waals surface area contributed by atoms with Crippen molar-refractivity contribution in [3.63, 3.8) is 0 Å². The number of aromatic nitrogens is 4. The molecule has 0 saturated carbocycles. The summed E-state index contributed by atoms with van der Waals surface area (Å²) in [5.74, 6) is 1.55. The molecule has 1 aliphatic rings. The molecule has 6 nitrogen and oxygen atoms in total. The molecule has 1 aliphatic heterocycles. The van der Waals surface area contributed by atoms with Crippen molar-refractivity contribution in [2.75, 3.05) is 6.61 Å². The Morgan fingerprint density at radius 2 is 1.94 bits per heavy atom. The van der Waals surface area contributed by atoms with Crippen LogP contribution < -0.4 is 0 Å². The van der Waals surface area contributed by atoms with Gasteiger partial charge in [-0.1, -0.05) is 71.0 Å². The Balaban J connectivity index is 1.37. The van der Waals surface area contributed by atoms with Gasteiger partial charge in [-0.3, -0.25) is 0 Å². The largest absolute Gasteiger partial charge is 0.376 e. The Labute approximate surface area is 189 Å². The average molecular weight is 453 g/mol. The topological polar surface area (TPSA) is 66.0 Å². The number of halogens is 1. The van der Waals surface area contributed by atoms with Gasteiger partial charge in [0.05, 0.1) is 35.3 Å². The molecule has 0 radical (unpaired) electrons. The van der Waals surface area contributed by atoms with Gasteiger partial charge in [-0.2, -0.15) is 4.98 Å². The van der Waals surface area contributed by atoms with Crippen molar-refractivity contribution in [2.45, 2.75) is 36.4 Å². The van der Waals surface area contributed by atoms with Gasteiger partial charge in [0.25, 0.3) is 0 Å². The molecule has 4 aromatic rings. The van der Waals surface area contributed by atoms with E-state index >= 15 is 0 Å². The van der Waals surface area contributed by atoms with Gasteiger partial charge in [-0.25, -0.2) is 4.98 Å². The lowest BCUT2D eigenvalue weighted by Crippen LogP contribution is -2.16. The number of benzene rings is 2. The summed E-state index contributed by atoms with van der Waals surface area (Å²) in [5, 5.41) is 5.60. The summed E-state index contributed by atoms with van der Waals surface area (Å²) < 4.78 is 13.6. The summed E-state index contributed by atoms with van der Waals surface area (Å²) in [7, 11) is 0. The van der Waals surface area contributed by atoms with Crippen LogP contribution in [0.3, 0.4) is 0 Å². The maximum absolute atomic E-state index is 6.25. The molecule has 1 fully saturated rings. The number of nitrogens with zero attached hydrogens (tertiary/aromatic N) is 4. The Hall–Kier alpha value is -2.61. The van der Waals surface area contributed by atoms with Crippen molar-refractivity contribution in [1.29, 1.82) is 0 Å². The highest BCUT2D eigenvalue weighted by atomic mass is 35.5. The Kier molecular flexibility index (Phi) is 6.06. The van der Waals surface area contributed by atoms with Crippen LogP contribution in [0.2, 0.25) is 5.02 Å². The van der Waals surface area contributed by atoms with Crippen molar-refractivity contribution < 1.29 is 9.26 Å². The molecule has 8 heteroatoms. The molecule has 5 rings (SSSR count). The van der Waals surface area contributed by atoms with Crippen molar-refractivity contribution >= 4 is 23.4 Å². The first kappa shape index (κ1) is 20.3. The van der Waals surface area contributed by atoms with Gasteiger partial charge in [-0.05, 0) is 30.5 Å². The van der Waals surface area contributed by atoms with E-state index in [0.29, 0.717) is 22.5 Å². The fraction of sp³-hybridized carbons (Fsp3) is 0.261. The zero-order valence-electron chi connectivity index (χ0n) is 16.8. The SMILES string of the molecule is Clc1ccccc1-c1noc(CSc2ncc(-c3ccccc3)n2CC2CCCO2)n1. The van der Waals surface area contributed by atoms with E-state index in [2.05, 4.69) is 31.8 Å². The predicted octanol–water partition coefficient (Wildman–Crippen LogP) is 5.72. The van der Waals surface area contributed by atoms with E-state index in [1.165, 1.54) is 0 Å². The van der Waals surface area contributed by atoms with Crippen LogP contribution in [0.5, 0.6) is 0 Å². The summed E-state index contributed by atoms with van der Waals surface area (Å²) in [6.45, 7) is 1.61. The minimum atomic E-state index is 0.214. The molecular formula is C23H21ClN4O2S. The second-order valence-electron chi connectivity index (χ2n) is 7.32. The number of imidazole rings is 1. The number of thioether (sulfide) groups is 1. The molecule has 0 N–H and O–H groups in total. The summed E-state index contributed by atoms with van der Waals surface area (Å²) in [6, 6.07) is 17.8. The lowest BCUT2D eigenvalue weighted by molar-refractivity contribution is 0.0954. The van der Waals surface area contributed by atoms with Crippen LogP contribution >= 0.6 is 23.4 Å². The lowest BCUT2D eigenvalue weighted by atomic mass is 10.1. The molecule has 2 aromatic heterocycles. The van der Waals surface area contributed by atoms with Crippen molar-refractivity contribution in [1.82, 2.24) is 19.7 Å². The molecule has 158 valence electrons. The number of hydrogen-bond donors (Lipinski definition) is 0. The van der Waals surface area contributed by atoms with E-state index < -0.39 is 0 Å². The first-order chi connectivity index (χ1) is 15.3. The highest BCUT2D eigenvalue weighted by Gasteiger charge is 2.21.